The number of rotatable bonds is 4. The molecule has 1 heterocycles. The molecule has 0 radical (unpaired) electrons. The minimum atomic E-state index is -0.243. The van der Waals surface area contributed by atoms with Crippen LogP contribution in [0.5, 0.6) is 0 Å². The lowest BCUT2D eigenvalue weighted by Gasteiger charge is -2.35. The van der Waals surface area contributed by atoms with Gasteiger partial charge < -0.3 is 9.64 Å². The van der Waals surface area contributed by atoms with Crippen LogP contribution in [0.15, 0.2) is 42.0 Å². The summed E-state index contributed by atoms with van der Waals surface area (Å²) in [5.74, 6) is -0.243. The summed E-state index contributed by atoms with van der Waals surface area (Å²) in [5.41, 5.74) is 1.96. The van der Waals surface area contributed by atoms with Crippen LogP contribution >= 0.6 is 0 Å². The molecule has 0 bridgehead atoms. The highest BCUT2D eigenvalue weighted by Crippen LogP contribution is 2.15. The Labute approximate surface area is 120 Å². The molecule has 1 aromatic rings. The smallest absolute Gasteiger partial charge is 0.333 e. The van der Waals surface area contributed by atoms with Gasteiger partial charge in [-0.25, -0.2) is 4.79 Å². The molecule has 1 aliphatic rings. The monoisotopic (exact) mass is 274 g/mol. The molecule has 0 unspecified atom stereocenters. The van der Waals surface area contributed by atoms with E-state index in [0.717, 1.165) is 32.7 Å². The number of carbonyl (C=O) groups excluding carboxylic acids is 1. The van der Waals surface area contributed by atoms with Crippen molar-refractivity contribution in [2.75, 3.05) is 44.7 Å². The number of nitrogens with zero attached hydrogens (tertiary/aromatic N) is 2. The predicted molar refractivity (Wildman–Crippen MR) is 80.9 cm³/mol. The molecule has 1 fully saturated rings. The van der Waals surface area contributed by atoms with Gasteiger partial charge in [-0.1, -0.05) is 24.3 Å². The number of piperazine rings is 1. The first kappa shape index (κ1) is 14.6. The van der Waals surface area contributed by atoms with Gasteiger partial charge >= 0.3 is 5.97 Å². The summed E-state index contributed by atoms with van der Waals surface area (Å²) in [7, 11) is 1.41. The second-order valence-corrected chi connectivity index (χ2v) is 5.00. The summed E-state index contributed by atoms with van der Waals surface area (Å²) in [6, 6.07) is 10.5. The molecule has 0 aliphatic carbocycles. The van der Waals surface area contributed by atoms with Gasteiger partial charge in [0.05, 0.1) is 7.11 Å². The van der Waals surface area contributed by atoms with Gasteiger partial charge in [0.2, 0.25) is 0 Å². The summed E-state index contributed by atoms with van der Waals surface area (Å²) in [5, 5.41) is 0. The lowest BCUT2D eigenvalue weighted by molar-refractivity contribution is -0.136. The zero-order valence-corrected chi connectivity index (χ0v) is 12.2. The standard InChI is InChI=1S/C16H22N2O2/c1-14(16(19)20-2)8-9-17-10-12-18(13-11-17)15-6-4-3-5-7-15/h3-8H,9-13H2,1-2H3. The molecule has 0 N–H and O–H groups in total. The van der Waals surface area contributed by atoms with Crippen LogP contribution in [0.2, 0.25) is 0 Å². The first-order valence-corrected chi connectivity index (χ1v) is 6.98. The Kier molecular flexibility index (Phi) is 5.18. The van der Waals surface area contributed by atoms with Crippen LogP contribution in [0.3, 0.4) is 0 Å². The third kappa shape index (κ3) is 3.84. The van der Waals surface area contributed by atoms with Gasteiger partial charge in [0.15, 0.2) is 0 Å². The fourth-order valence-corrected chi connectivity index (χ4v) is 2.34. The molecule has 0 amide bonds. The lowest BCUT2D eigenvalue weighted by Crippen LogP contribution is -2.46. The SMILES string of the molecule is COC(=O)C(C)=CCN1CCN(c2ccccc2)CC1. The molecule has 4 heteroatoms. The quantitative estimate of drug-likeness (QED) is 0.620. The molecule has 1 saturated heterocycles. The molecular formula is C16H22N2O2. The Hall–Kier alpha value is -1.81. The van der Waals surface area contributed by atoms with Crippen LogP contribution < -0.4 is 4.90 Å². The molecule has 1 aliphatic heterocycles. The highest BCUT2D eigenvalue weighted by Gasteiger charge is 2.16. The number of esters is 1. The third-order valence-electron chi connectivity index (χ3n) is 3.66. The number of para-hydroxylation sites is 1. The fourth-order valence-electron chi connectivity index (χ4n) is 2.34. The van der Waals surface area contributed by atoms with Crippen molar-refractivity contribution >= 4 is 11.7 Å². The van der Waals surface area contributed by atoms with Crippen molar-refractivity contribution in [3.8, 4) is 0 Å². The van der Waals surface area contributed by atoms with E-state index in [0.29, 0.717) is 5.57 Å². The summed E-state index contributed by atoms with van der Waals surface area (Å²) in [6.07, 6.45) is 1.95. The molecular weight excluding hydrogens is 252 g/mol. The largest absolute Gasteiger partial charge is 0.466 e. The molecule has 108 valence electrons. The lowest BCUT2D eigenvalue weighted by atomic mass is 10.2. The van der Waals surface area contributed by atoms with Gasteiger partial charge in [0.1, 0.15) is 0 Å². The van der Waals surface area contributed by atoms with Gasteiger partial charge in [0.25, 0.3) is 0 Å². The van der Waals surface area contributed by atoms with Crippen molar-refractivity contribution in [1.82, 2.24) is 4.90 Å². The number of methoxy groups -OCH3 is 1. The number of hydrogen-bond donors (Lipinski definition) is 0. The van der Waals surface area contributed by atoms with E-state index in [2.05, 4.69) is 34.1 Å². The number of ether oxygens (including phenoxy) is 1. The van der Waals surface area contributed by atoms with Gasteiger partial charge in [-0.2, -0.15) is 0 Å². The van der Waals surface area contributed by atoms with Crippen molar-refractivity contribution in [3.05, 3.63) is 42.0 Å². The first-order chi connectivity index (χ1) is 9.70. The molecule has 0 atom stereocenters. The van der Waals surface area contributed by atoms with Gasteiger partial charge in [-0.3, -0.25) is 4.90 Å². The Morgan fingerprint density at radius 1 is 1.20 bits per heavy atom. The number of carbonyl (C=O) groups is 1. The van der Waals surface area contributed by atoms with E-state index in [4.69, 9.17) is 4.74 Å². The Morgan fingerprint density at radius 2 is 1.85 bits per heavy atom. The molecule has 0 aromatic heterocycles. The minimum absolute atomic E-state index is 0.243. The van der Waals surface area contributed by atoms with Crippen molar-refractivity contribution in [1.29, 1.82) is 0 Å². The molecule has 2 rings (SSSR count). The fraction of sp³-hybridized carbons (Fsp3) is 0.438. The molecule has 0 saturated carbocycles. The van der Waals surface area contributed by atoms with Crippen molar-refractivity contribution < 1.29 is 9.53 Å². The maximum absolute atomic E-state index is 11.3. The molecule has 20 heavy (non-hydrogen) atoms. The van der Waals surface area contributed by atoms with Crippen molar-refractivity contribution in [3.63, 3.8) is 0 Å². The van der Waals surface area contributed by atoms with E-state index in [1.807, 2.05) is 12.1 Å². The van der Waals surface area contributed by atoms with Crippen LogP contribution in [-0.2, 0) is 9.53 Å². The van der Waals surface area contributed by atoms with E-state index in [9.17, 15) is 4.79 Å². The predicted octanol–water partition coefficient (Wildman–Crippen LogP) is 1.93. The summed E-state index contributed by atoms with van der Waals surface area (Å²) in [4.78, 5) is 16.1. The highest BCUT2D eigenvalue weighted by atomic mass is 16.5. The van der Waals surface area contributed by atoms with Crippen LogP contribution in [-0.4, -0.2) is 50.7 Å². The average molecular weight is 274 g/mol. The van der Waals surface area contributed by atoms with Gasteiger partial charge in [-0.05, 0) is 19.1 Å². The van der Waals surface area contributed by atoms with E-state index in [-0.39, 0.29) is 5.97 Å². The summed E-state index contributed by atoms with van der Waals surface area (Å²) < 4.78 is 4.69. The van der Waals surface area contributed by atoms with Crippen LogP contribution in [0, 0.1) is 0 Å². The molecule has 0 spiro atoms. The molecule has 1 aromatic carbocycles. The molecule has 4 nitrogen and oxygen atoms in total. The summed E-state index contributed by atoms with van der Waals surface area (Å²) >= 11 is 0. The maximum Gasteiger partial charge on any atom is 0.333 e. The zero-order chi connectivity index (χ0) is 14.4. The van der Waals surface area contributed by atoms with Crippen LogP contribution in [0.1, 0.15) is 6.92 Å². The number of anilines is 1. The van der Waals surface area contributed by atoms with E-state index in [1.165, 1.54) is 12.8 Å². The number of benzene rings is 1. The number of hydrogen-bond acceptors (Lipinski definition) is 4. The minimum Gasteiger partial charge on any atom is -0.466 e. The normalized spacial score (nSPS) is 17.1. The van der Waals surface area contributed by atoms with Crippen molar-refractivity contribution in [2.45, 2.75) is 6.92 Å². The Morgan fingerprint density at radius 3 is 2.45 bits per heavy atom. The Bertz CT molecular complexity index is 463. The van der Waals surface area contributed by atoms with E-state index >= 15 is 0 Å². The Balaban J connectivity index is 1.82. The maximum atomic E-state index is 11.3. The first-order valence-electron chi connectivity index (χ1n) is 6.98. The van der Waals surface area contributed by atoms with Gasteiger partial charge in [-0.15, -0.1) is 0 Å². The topological polar surface area (TPSA) is 32.8 Å². The van der Waals surface area contributed by atoms with Gasteiger partial charge in [0, 0.05) is 44.0 Å². The average Bonchev–Trinajstić information content (AvgIpc) is 2.53. The van der Waals surface area contributed by atoms with E-state index < -0.39 is 0 Å². The zero-order valence-electron chi connectivity index (χ0n) is 12.2. The van der Waals surface area contributed by atoms with Crippen LogP contribution in [0.4, 0.5) is 5.69 Å². The highest BCUT2D eigenvalue weighted by molar-refractivity contribution is 5.87. The van der Waals surface area contributed by atoms with Crippen molar-refractivity contribution in [2.24, 2.45) is 0 Å². The third-order valence-corrected chi connectivity index (χ3v) is 3.66. The van der Waals surface area contributed by atoms with Crippen LogP contribution in [0.25, 0.3) is 0 Å². The second-order valence-electron chi connectivity index (χ2n) is 5.00. The summed E-state index contributed by atoms with van der Waals surface area (Å²) in [6.45, 7) is 6.68. The second kappa shape index (κ2) is 7.10. The van der Waals surface area contributed by atoms with E-state index in [1.54, 1.807) is 6.92 Å².